The van der Waals surface area contributed by atoms with Crippen LogP contribution in [0.4, 0.5) is 4.39 Å². The van der Waals surface area contributed by atoms with Crippen LogP contribution in [0.15, 0.2) is 12.1 Å². The lowest BCUT2D eigenvalue weighted by Crippen LogP contribution is -2.18. The molecule has 1 aromatic rings. The number of hydrogen-bond donors (Lipinski definition) is 1. The topological polar surface area (TPSA) is 35.2 Å². The molecule has 2 rings (SSSR count). The summed E-state index contributed by atoms with van der Waals surface area (Å²) in [6.45, 7) is 0. The molecule has 1 aromatic carbocycles. The van der Waals surface area contributed by atoms with Crippen LogP contribution in [0, 0.1) is 5.82 Å². The minimum absolute atomic E-state index is 0.00528. The average molecular weight is 195 g/mol. The van der Waals surface area contributed by atoms with Crippen molar-refractivity contribution in [2.75, 3.05) is 7.11 Å². The maximum Gasteiger partial charge on any atom is 0.127 e. The van der Waals surface area contributed by atoms with Crippen LogP contribution in [0.2, 0.25) is 0 Å². The summed E-state index contributed by atoms with van der Waals surface area (Å²) in [6, 6.07) is 2.97. The normalized spacial score (nSPS) is 20.4. The highest BCUT2D eigenvalue weighted by atomic mass is 19.1. The van der Waals surface area contributed by atoms with E-state index in [2.05, 4.69) is 0 Å². The van der Waals surface area contributed by atoms with E-state index in [0.29, 0.717) is 5.75 Å². The van der Waals surface area contributed by atoms with Gasteiger partial charge >= 0.3 is 0 Å². The molecule has 0 saturated heterocycles. The van der Waals surface area contributed by atoms with Crippen LogP contribution in [0.5, 0.6) is 5.75 Å². The molecule has 0 spiro atoms. The van der Waals surface area contributed by atoms with Gasteiger partial charge in [-0.3, -0.25) is 0 Å². The number of nitrogens with two attached hydrogens (primary N) is 1. The molecule has 0 bridgehead atoms. The quantitative estimate of drug-likeness (QED) is 0.745. The van der Waals surface area contributed by atoms with Gasteiger partial charge in [0.25, 0.3) is 0 Å². The Kier molecular flexibility index (Phi) is 2.42. The van der Waals surface area contributed by atoms with E-state index in [1.807, 2.05) is 0 Å². The first-order valence-corrected chi connectivity index (χ1v) is 4.84. The van der Waals surface area contributed by atoms with Crippen LogP contribution in [-0.2, 0) is 6.42 Å². The molecule has 2 N–H and O–H groups in total. The molecule has 2 nitrogen and oxygen atoms in total. The summed E-state index contributed by atoms with van der Waals surface area (Å²) in [7, 11) is 1.55. The molecule has 3 heteroatoms. The van der Waals surface area contributed by atoms with Gasteiger partial charge in [-0.2, -0.15) is 0 Å². The van der Waals surface area contributed by atoms with Gasteiger partial charge in [-0.25, -0.2) is 4.39 Å². The molecule has 0 heterocycles. The smallest absolute Gasteiger partial charge is 0.127 e. The molecule has 1 atom stereocenters. The highest BCUT2D eigenvalue weighted by molar-refractivity contribution is 5.44. The lowest BCUT2D eigenvalue weighted by molar-refractivity contribution is 0.394. The number of methoxy groups -OCH3 is 1. The van der Waals surface area contributed by atoms with E-state index in [1.165, 1.54) is 6.07 Å². The van der Waals surface area contributed by atoms with E-state index < -0.39 is 0 Å². The molecule has 0 radical (unpaired) electrons. The number of benzene rings is 1. The zero-order chi connectivity index (χ0) is 10.1. The second-order valence-corrected chi connectivity index (χ2v) is 3.68. The van der Waals surface area contributed by atoms with E-state index in [1.54, 1.807) is 13.2 Å². The van der Waals surface area contributed by atoms with Gasteiger partial charge in [0, 0.05) is 17.7 Å². The second kappa shape index (κ2) is 3.58. The molecule has 0 amide bonds. The highest BCUT2D eigenvalue weighted by Gasteiger charge is 2.21. The molecule has 0 aromatic heterocycles. The minimum Gasteiger partial charge on any atom is -0.496 e. The van der Waals surface area contributed by atoms with Crippen LogP contribution < -0.4 is 10.5 Å². The zero-order valence-electron chi connectivity index (χ0n) is 8.22. The Bertz CT molecular complexity index is 334. The summed E-state index contributed by atoms with van der Waals surface area (Å²) in [5.41, 5.74) is 7.96. The second-order valence-electron chi connectivity index (χ2n) is 3.68. The van der Waals surface area contributed by atoms with Crippen molar-refractivity contribution in [1.29, 1.82) is 0 Å². The van der Waals surface area contributed by atoms with Gasteiger partial charge in [0.05, 0.1) is 7.11 Å². The fraction of sp³-hybridized carbons (Fsp3) is 0.455. The van der Waals surface area contributed by atoms with Crippen molar-refractivity contribution in [3.63, 3.8) is 0 Å². The lowest BCUT2D eigenvalue weighted by atomic mass is 9.87. The fourth-order valence-corrected chi connectivity index (χ4v) is 2.10. The molecule has 0 saturated carbocycles. The third-order valence-corrected chi connectivity index (χ3v) is 2.74. The number of hydrogen-bond acceptors (Lipinski definition) is 2. The van der Waals surface area contributed by atoms with Crippen molar-refractivity contribution in [2.24, 2.45) is 5.73 Å². The van der Waals surface area contributed by atoms with Gasteiger partial charge in [-0.15, -0.1) is 0 Å². The Morgan fingerprint density at radius 3 is 3.00 bits per heavy atom. The Morgan fingerprint density at radius 2 is 2.29 bits per heavy atom. The third-order valence-electron chi connectivity index (χ3n) is 2.74. The maximum absolute atomic E-state index is 13.1. The van der Waals surface area contributed by atoms with Gasteiger partial charge in [0.1, 0.15) is 11.6 Å². The minimum atomic E-state index is -0.241. The number of halogens is 1. The standard InChI is InChI=1S/C11H14FNO/c1-14-10-6-8(12)5-7-3-2-4-9(13)11(7)10/h5-6,9H,2-4,13H2,1H3/t9-/m1/s1. The van der Waals surface area contributed by atoms with Crippen LogP contribution in [0.1, 0.15) is 30.0 Å². The van der Waals surface area contributed by atoms with Gasteiger partial charge in [-0.05, 0) is 30.9 Å². The molecular weight excluding hydrogens is 181 g/mol. The van der Waals surface area contributed by atoms with Gasteiger partial charge < -0.3 is 10.5 Å². The van der Waals surface area contributed by atoms with Crippen molar-refractivity contribution in [2.45, 2.75) is 25.3 Å². The van der Waals surface area contributed by atoms with Crippen molar-refractivity contribution in [1.82, 2.24) is 0 Å². The van der Waals surface area contributed by atoms with Crippen LogP contribution in [0.3, 0.4) is 0 Å². The number of ether oxygens (including phenoxy) is 1. The summed E-state index contributed by atoms with van der Waals surface area (Å²) < 4.78 is 18.3. The first kappa shape index (κ1) is 9.46. The van der Waals surface area contributed by atoms with E-state index >= 15 is 0 Å². The Balaban J connectivity index is 2.55. The molecule has 0 aliphatic heterocycles. The van der Waals surface area contributed by atoms with E-state index in [4.69, 9.17) is 10.5 Å². The summed E-state index contributed by atoms with van der Waals surface area (Å²) >= 11 is 0. The third kappa shape index (κ3) is 1.48. The lowest BCUT2D eigenvalue weighted by Gasteiger charge is -2.24. The van der Waals surface area contributed by atoms with Crippen LogP contribution >= 0.6 is 0 Å². The number of rotatable bonds is 1. The Morgan fingerprint density at radius 1 is 1.50 bits per heavy atom. The van der Waals surface area contributed by atoms with Crippen molar-refractivity contribution in [3.05, 3.63) is 29.1 Å². The first-order valence-electron chi connectivity index (χ1n) is 4.84. The zero-order valence-corrected chi connectivity index (χ0v) is 8.22. The molecule has 76 valence electrons. The largest absolute Gasteiger partial charge is 0.496 e. The van der Waals surface area contributed by atoms with E-state index in [0.717, 1.165) is 30.4 Å². The molecule has 0 fully saturated rings. The average Bonchev–Trinajstić information content (AvgIpc) is 2.16. The summed E-state index contributed by atoms with van der Waals surface area (Å²) in [5, 5.41) is 0. The van der Waals surface area contributed by atoms with Crippen molar-refractivity contribution < 1.29 is 9.13 Å². The van der Waals surface area contributed by atoms with E-state index in [9.17, 15) is 4.39 Å². The van der Waals surface area contributed by atoms with E-state index in [-0.39, 0.29) is 11.9 Å². The van der Waals surface area contributed by atoms with Crippen molar-refractivity contribution >= 4 is 0 Å². The number of aryl methyl sites for hydroxylation is 1. The monoisotopic (exact) mass is 195 g/mol. The van der Waals surface area contributed by atoms with Crippen LogP contribution in [0.25, 0.3) is 0 Å². The highest BCUT2D eigenvalue weighted by Crippen LogP contribution is 2.35. The Labute approximate surface area is 82.9 Å². The molecule has 1 aliphatic rings. The predicted molar refractivity (Wildman–Crippen MR) is 52.8 cm³/mol. The maximum atomic E-state index is 13.1. The SMILES string of the molecule is COc1cc(F)cc2c1[C@H](N)CCC2. The van der Waals surface area contributed by atoms with Gasteiger partial charge in [0.2, 0.25) is 0 Å². The molecule has 1 aliphatic carbocycles. The Hall–Kier alpha value is -1.09. The number of fused-ring (bicyclic) bond motifs is 1. The van der Waals surface area contributed by atoms with Gasteiger partial charge in [-0.1, -0.05) is 0 Å². The first-order chi connectivity index (χ1) is 6.72. The summed E-state index contributed by atoms with van der Waals surface area (Å²) in [6.07, 6.45) is 2.88. The summed E-state index contributed by atoms with van der Waals surface area (Å²) in [4.78, 5) is 0. The predicted octanol–water partition coefficient (Wildman–Crippen LogP) is 2.17. The van der Waals surface area contributed by atoms with Gasteiger partial charge in [0.15, 0.2) is 0 Å². The van der Waals surface area contributed by atoms with Crippen molar-refractivity contribution in [3.8, 4) is 5.75 Å². The fourth-order valence-electron chi connectivity index (χ4n) is 2.10. The van der Waals surface area contributed by atoms with Crippen LogP contribution in [-0.4, -0.2) is 7.11 Å². The molecule has 0 unspecified atom stereocenters. The molecular formula is C11H14FNO. The molecule has 14 heavy (non-hydrogen) atoms. The summed E-state index contributed by atoms with van der Waals surface area (Å²) in [5.74, 6) is 0.349.